The first kappa shape index (κ1) is 26.6. The van der Waals surface area contributed by atoms with Gasteiger partial charge >= 0.3 is 0 Å². The van der Waals surface area contributed by atoms with Crippen LogP contribution >= 0.6 is 0 Å². The normalized spacial score (nSPS) is 14.9. The number of ether oxygens (including phenoxy) is 2. The molecule has 200 valence electrons. The second-order valence-corrected chi connectivity index (χ2v) is 8.59. The quantitative estimate of drug-likeness (QED) is 0.492. The van der Waals surface area contributed by atoms with Gasteiger partial charge in [-0.1, -0.05) is 5.16 Å². The topological polar surface area (TPSA) is 149 Å². The maximum Gasteiger partial charge on any atom is 0.255 e. The Kier molecular flexibility index (Phi) is 9.22. The van der Waals surface area contributed by atoms with Crippen molar-refractivity contribution in [1.82, 2.24) is 30.7 Å². The summed E-state index contributed by atoms with van der Waals surface area (Å²) in [6, 6.07) is 8.52. The zero-order chi connectivity index (χ0) is 26.7. The van der Waals surface area contributed by atoms with Gasteiger partial charge in [-0.25, -0.2) is 0 Å². The van der Waals surface area contributed by atoms with Gasteiger partial charge in [0.25, 0.3) is 5.91 Å². The van der Waals surface area contributed by atoms with Gasteiger partial charge in [-0.3, -0.25) is 19.4 Å². The summed E-state index contributed by atoms with van der Waals surface area (Å²) in [6.07, 6.45) is 4.91. The van der Waals surface area contributed by atoms with Crippen LogP contribution in [0.15, 0.2) is 47.2 Å². The van der Waals surface area contributed by atoms with Gasteiger partial charge in [0.1, 0.15) is 18.1 Å². The highest BCUT2D eigenvalue weighted by Gasteiger charge is 2.19. The Labute approximate surface area is 219 Å². The molecule has 0 fully saturated rings. The molecule has 3 heterocycles. The molecule has 12 nitrogen and oxygen atoms in total. The molecule has 1 aliphatic rings. The molecule has 0 unspecified atom stereocenters. The van der Waals surface area contributed by atoms with Crippen LogP contribution in [-0.2, 0) is 16.0 Å². The zero-order valence-corrected chi connectivity index (χ0v) is 21.1. The molecule has 0 saturated carbocycles. The summed E-state index contributed by atoms with van der Waals surface area (Å²) >= 11 is 0. The highest BCUT2D eigenvalue weighted by atomic mass is 16.5. The number of hydrogen-bond acceptors (Lipinski definition) is 9. The van der Waals surface area contributed by atoms with Gasteiger partial charge in [-0.15, -0.1) is 0 Å². The minimum absolute atomic E-state index is 0.0794. The number of pyridine rings is 1. The van der Waals surface area contributed by atoms with E-state index in [0.717, 1.165) is 5.56 Å². The van der Waals surface area contributed by atoms with Crippen molar-refractivity contribution in [3.8, 4) is 22.9 Å². The fourth-order valence-electron chi connectivity index (χ4n) is 3.90. The van der Waals surface area contributed by atoms with Crippen molar-refractivity contribution in [2.24, 2.45) is 0 Å². The highest BCUT2D eigenvalue weighted by Crippen LogP contribution is 2.25. The summed E-state index contributed by atoms with van der Waals surface area (Å²) in [7, 11) is 1.53. The van der Waals surface area contributed by atoms with Crippen molar-refractivity contribution in [2.45, 2.75) is 25.7 Å². The minimum atomic E-state index is -0.285. The summed E-state index contributed by atoms with van der Waals surface area (Å²) < 4.78 is 16.2. The molecule has 2 N–H and O–H groups in total. The Hall–Kier alpha value is -4.48. The molecule has 0 radical (unpaired) electrons. The first-order chi connectivity index (χ1) is 18.5. The second-order valence-electron chi connectivity index (χ2n) is 8.59. The van der Waals surface area contributed by atoms with E-state index >= 15 is 0 Å². The van der Waals surface area contributed by atoms with Gasteiger partial charge < -0.3 is 29.5 Å². The predicted octanol–water partition coefficient (Wildman–Crippen LogP) is 1.62. The zero-order valence-electron chi connectivity index (χ0n) is 21.1. The van der Waals surface area contributed by atoms with E-state index in [1.165, 1.54) is 12.0 Å². The molecular formula is C26H30N6O6. The Balaban J connectivity index is 1.32. The number of aryl methyl sites for hydroxylation is 1. The van der Waals surface area contributed by atoms with Crippen molar-refractivity contribution in [1.29, 1.82) is 0 Å². The van der Waals surface area contributed by atoms with Crippen molar-refractivity contribution in [3.63, 3.8) is 0 Å². The van der Waals surface area contributed by atoms with Crippen LogP contribution in [0.1, 0.15) is 35.5 Å². The van der Waals surface area contributed by atoms with Crippen LogP contribution in [0.3, 0.4) is 0 Å². The van der Waals surface area contributed by atoms with Crippen molar-refractivity contribution >= 4 is 17.7 Å². The van der Waals surface area contributed by atoms with Crippen LogP contribution in [0, 0.1) is 0 Å². The highest BCUT2D eigenvalue weighted by molar-refractivity contribution is 5.97. The number of nitrogens with zero attached hydrogens (tertiary/aromatic N) is 4. The maximum absolute atomic E-state index is 12.9. The third-order valence-electron chi connectivity index (χ3n) is 5.88. The van der Waals surface area contributed by atoms with E-state index in [0.29, 0.717) is 61.1 Å². The smallest absolute Gasteiger partial charge is 0.255 e. The van der Waals surface area contributed by atoms with Crippen LogP contribution in [-0.4, -0.2) is 77.6 Å². The molecule has 0 spiro atoms. The number of nitrogens with one attached hydrogen (secondary N) is 2. The number of benzene rings is 1. The van der Waals surface area contributed by atoms with Crippen LogP contribution in [0.4, 0.5) is 0 Å². The monoisotopic (exact) mass is 522 g/mol. The van der Waals surface area contributed by atoms with E-state index in [4.69, 9.17) is 14.0 Å². The Morgan fingerprint density at radius 2 is 1.97 bits per heavy atom. The Bertz CT molecular complexity index is 1250. The number of fused-ring (bicyclic) bond motifs is 1. The van der Waals surface area contributed by atoms with E-state index in [1.807, 2.05) is 0 Å². The van der Waals surface area contributed by atoms with Crippen LogP contribution in [0.2, 0.25) is 0 Å². The largest absolute Gasteiger partial charge is 0.497 e. The van der Waals surface area contributed by atoms with E-state index < -0.39 is 0 Å². The predicted molar refractivity (Wildman–Crippen MR) is 135 cm³/mol. The van der Waals surface area contributed by atoms with Crippen molar-refractivity contribution < 1.29 is 28.4 Å². The fourth-order valence-corrected chi connectivity index (χ4v) is 3.90. The van der Waals surface area contributed by atoms with Crippen molar-refractivity contribution in [3.05, 3.63) is 54.2 Å². The van der Waals surface area contributed by atoms with E-state index in [1.54, 1.807) is 42.7 Å². The molecule has 0 atom stereocenters. The summed E-state index contributed by atoms with van der Waals surface area (Å²) in [6.45, 7) is 0.944. The molecule has 3 aromatic rings. The van der Waals surface area contributed by atoms with E-state index in [2.05, 4.69) is 25.8 Å². The van der Waals surface area contributed by atoms with Crippen LogP contribution < -0.4 is 20.1 Å². The lowest BCUT2D eigenvalue weighted by atomic mass is 10.1. The van der Waals surface area contributed by atoms with Gasteiger partial charge in [0, 0.05) is 50.0 Å². The minimum Gasteiger partial charge on any atom is -0.497 e. The number of amides is 3. The molecule has 38 heavy (non-hydrogen) atoms. The SMILES string of the molecule is COc1ccc2c(c1)OCCNC(=O)CN(C(=O)CCCc1nc(-c3ccncc3)no1)CCCNC2=O. The van der Waals surface area contributed by atoms with Crippen molar-refractivity contribution in [2.75, 3.05) is 39.9 Å². The number of carbonyl (C=O) groups is 3. The molecule has 4 rings (SSSR count). The number of carbonyl (C=O) groups excluding carboxylic acids is 3. The third-order valence-corrected chi connectivity index (χ3v) is 5.88. The fraction of sp³-hybridized carbons (Fsp3) is 0.385. The van der Waals surface area contributed by atoms with Gasteiger partial charge in [0.05, 0.1) is 25.8 Å². The summed E-state index contributed by atoms with van der Waals surface area (Å²) in [5.74, 6) is 1.10. The molecule has 3 amide bonds. The number of methoxy groups -OCH3 is 1. The molecule has 1 aromatic carbocycles. The molecule has 1 aliphatic heterocycles. The van der Waals surface area contributed by atoms with Crippen LogP contribution in [0.25, 0.3) is 11.4 Å². The maximum atomic E-state index is 12.9. The Morgan fingerprint density at radius 3 is 2.79 bits per heavy atom. The molecule has 0 aliphatic carbocycles. The first-order valence-corrected chi connectivity index (χ1v) is 12.4. The van der Waals surface area contributed by atoms with Gasteiger partial charge in [-0.2, -0.15) is 4.98 Å². The number of rotatable bonds is 6. The molecule has 0 bridgehead atoms. The molecule has 12 heteroatoms. The average molecular weight is 523 g/mol. The standard InChI is InChI=1S/C26H30N6O6/c1-36-19-6-7-20-21(16-19)37-15-13-28-22(33)17-32(14-3-10-29-26(20)35)24(34)5-2-4-23-30-25(31-38-23)18-8-11-27-12-9-18/h6-9,11-12,16H,2-5,10,13-15,17H2,1H3,(H,28,33)(H,29,35). The first-order valence-electron chi connectivity index (χ1n) is 12.4. The van der Waals surface area contributed by atoms with E-state index in [-0.39, 0.29) is 43.8 Å². The Morgan fingerprint density at radius 1 is 1.13 bits per heavy atom. The molecule has 2 aromatic heterocycles. The third kappa shape index (κ3) is 7.28. The second kappa shape index (κ2) is 13.2. The molecular weight excluding hydrogens is 492 g/mol. The number of hydrogen-bond donors (Lipinski definition) is 2. The van der Waals surface area contributed by atoms with Gasteiger partial charge in [0.15, 0.2) is 0 Å². The molecule has 0 saturated heterocycles. The lowest BCUT2D eigenvalue weighted by molar-refractivity contribution is -0.136. The van der Waals surface area contributed by atoms with Crippen LogP contribution in [0.5, 0.6) is 11.5 Å². The summed E-state index contributed by atoms with van der Waals surface area (Å²) in [5.41, 5.74) is 1.17. The van der Waals surface area contributed by atoms with E-state index in [9.17, 15) is 14.4 Å². The lowest BCUT2D eigenvalue weighted by Gasteiger charge is -2.23. The summed E-state index contributed by atoms with van der Waals surface area (Å²) in [5, 5.41) is 9.59. The average Bonchev–Trinajstić information content (AvgIpc) is 3.41. The lowest BCUT2D eigenvalue weighted by Crippen LogP contribution is -2.43. The van der Waals surface area contributed by atoms with Gasteiger partial charge in [-0.05, 0) is 37.1 Å². The number of aromatic nitrogens is 3. The van der Waals surface area contributed by atoms with Gasteiger partial charge in [0.2, 0.25) is 23.5 Å². The summed E-state index contributed by atoms with van der Waals surface area (Å²) in [4.78, 5) is 48.0.